The molecule has 0 radical (unpaired) electrons. The van der Waals surface area contributed by atoms with Gasteiger partial charge < -0.3 is 9.47 Å². The van der Waals surface area contributed by atoms with E-state index in [0.717, 1.165) is 51.2 Å². The van der Waals surface area contributed by atoms with Crippen molar-refractivity contribution in [1.29, 1.82) is 0 Å². The summed E-state index contributed by atoms with van der Waals surface area (Å²) < 4.78 is 41.0. The van der Waals surface area contributed by atoms with Crippen LogP contribution >= 0.6 is 0 Å². The number of halogens is 3. The molecule has 0 fully saturated rings. The van der Waals surface area contributed by atoms with Crippen LogP contribution in [0.1, 0.15) is 22.4 Å². The third-order valence-electron chi connectivity index (χ3n) is 6.14. The number of carbonyl (C=O) groups is 1. The van der Waals surface area contributed by atoms with Gasteiger partial charge in [0.15, 0.2) is 0 Å². The van der Waals surface area contributed by atoms with E-state index < -0.39 is 11.7 Å². The molecule has 3 heterocycles. The molecular formula is C25H21F3N4O. The number of benzene rings is 2. The van der Waals surface area contributed by atoms with Gasteiger partial charge in [0.05, 0.1) is 17.7 Å². The van der Waals surface area contributed by atoms with Gasteiger partial charge in [0.25, 0.3) is 0 Å². The van der Waals surface area contributed by atoms with Crippen molar-refractivity contribution in [3.8, 4) is 11.1 Å². The predicted octanol–water partition coefficient (Wildman–Crippen LogP) is 5.09. The van der Waals surface area contributed by atoms with Crippen LogP contribution in [-0.4, -0.2) is 27.0 Å². The molecule has 1 aliphatic rings. The fourth-order valence-electron chi connectivity index (χ4n) is 4.54. The molecule has 33 heavy (non-hydrogen) atoms. The maximum absolute atomic E-state index is 13.0. The standard InChI is InChI=1S/C25H21F3N4O/c1-15-23-20(13-31(2)24(23)30-14-29-15)17-6-7-21-18(12-17)8-9-32(21)22(33)11-16-4-3-5-19(10-16)25(26,27)28/h3-7,10,12-14H,8-9,11H2,1-2H3. The van der Waals surface area contributed by atoms with Gasteiger partial charge in [-0.2, -0.15) is 13.2 Å². The van der Waals surface area contributed by atoms with E-state index in [4.69, 9.17) is 0 Å². The number of rotatable bonds is 3. The minimum absolute atomic E-state index is 0.0784. The van der Waals surface area contributed by atoms with Crippen molar-refractivity contribution in [3.63, 3.8) is 0 Å². The molecule has 168 valence electrons. The Hall–Kier alpha value is -3.68. The Morgan fingerprint density at radius 3 is 2.73 bits per heavy atom. The Bertz CT molecular complexity index is 1390. The molecular weight excluding hydrogens is 429 g/mol. The average Bonchev–Trinajstić information content (AvgIpc) is 3.35. The Kier molecular flexibility index (Phi) is 4.96. The minimum Gasteiger partial charge on any atom is -0.335 e. The predicted molar refractivity (Wildman–Crippen MR) is 120 cm³/mol. The Balaban J connectivity index is 1.43. The maximum Gasteiger partial charge on any atom is 0.416 e. The first-order chi connectivity index (χ1) is 15.7. The highest BCUT2D eigenvalue weighted by Gasteiger charge is 2.31. The largest absolute Gasteiger partial charge is 0.416 e. The molecule has 0 unspecified atom stereocenters. The van der Waals surface area contributed by atoms with Crippen molar-refractivity contribution < 1.29 is 18.0 Å². The van der Waals surface area contributed by atoms with Crippen LogP contribution in [0, 0.1) is 6.92 Å². The molecule has 2 aromatic carbocycles. The van der Waals surface area contributed by atoms with Gasteiger partial charge in [-0.05, 0) is 48.2 Å². The summed E-state index contributed by atoms with van der Waals surface area (Å²) in [7, 11) is 1.94. The van der Waals surface area contributed by atoms with Crippen molar-refractivity contribution in [2.45, 2.75) is 25.9 Å². The normalized spacial score (nSPS) is 13.5. The highest BCUT2D eigenvalue weighted by molar-refractivity contribution is 5.99. The van der Waals surface area contributed by atoms with Gasteiger partial charge in [-0.1, -0.05) is 24.3 Å². The lowest BCUT2D eigenvalue weighted by molar-refractivity contribution is -0.137. The Morgan fingerprint density at radius 2 is 1.94 bits per heavy atom. The topological polar surface area (TPSA) is 51.0 Å². The second kappa shape index (κ2) is 7.72. The van der Waals surface area contributed by atoms with Gasteiger partial charge in [-0.3, -0.25) is 4.79 Å². The second-order valence-corrected chi connectivity index (χ2v) is 8.33. The van der Waals surface area contributed by atoms with Crippen LogP contribution < -0.4 is 4.90 Å². The second-order valence-electron chi connectivity index (χ2n) is 8.33. The summed E-state index contributed by atoms with van der Waals surface area (Å²) >= 11 is 0. The SMILES string of the molecule is Cc1ncnc2c1c(-c1ccc3c(c1)CCN3C(=O)Cc1cccc(C(F)(F)F)c1)cn2C. The van der Waals surface area contributed by atoms with Gasteiger partial charge in [-0.25, -0.2) is 9.97 Å². The number of hydrogen-bond donors (Lipinski definition) is 0. The molecule has 0 atom stereocenters. The monoisotopic (exact) mass is 450 g/mol. The summed E-state index contributed by atoms with van der Waals surface area (Å²) in [5.74, 6) is -0.213. The van der Waals surface area contributed by atoms with Gasteiger partial charge in [-0.15, -0.1) is 0 Å². The van der Waals surface area contributed by atoms with Crippen LogP contribution in [0.25, 0.3) is 22.2 Å². The molecule has 0 aliphatic carbocycles. The van der Waals surface area contributed by atoms with Crippen molar-refractivity contribution in [2.75, 3.05) is 11.4 Å². The maximum atomic E-state index is 13.0. The first-order valence-electron chi connectivity index (χ1n) is 10.6. The fraction of sp³-hybridized carbons (Fsp3) is 0.240. The lowest BCUT2D eigenvalue weighted by Gasteiger charge is -2.18. The molecule has 5 rings (SSSR count). The van der Waals surface area contributed by atoms with Crippen LogP contribution in [0.4, 0.5) is 18.9 Å². The Labute approximate surface area is 188 Å². The van der Waals surface area contributed by atoms with E-state index in [2.05, 4.69) is 16.0 Å². The van der Waals surface area contributed by atoms with Crippen molar-refractivity contribution in [1.82, 2.24) is 14.5 Å². The molecule has 8 heteroatoms. The first-order valence-corrected chi connectivity index (χ1v) is 10.6. The van der Waals surface area contributed by atoms with Crippen LogP contribution in [0.2, 0.25) is 0 Å². The van der Waals surface area contributed by atoms with Crippen molar-refractivity contribution in [3.05, 3.63) is 77.4 Å². The molecule has 0 spiro atoms. The highest BCUT2D eigenvalue weighted by Crippen LogP contribution is 2.36. The molecule has 0 saturated heterocycles. The number of nitrogens with zero attached hydrogens (tertiary/aromatic N) is 4. The molecule has 1 aliphatic heterocycles. The van der Waals surface area contributed by atoms with E-state index in [9.17, 15) is 18.0 Å². The number of alkyl halides is 3. The summed E-state index contributed by atoms with van der Waals surface area (Å²) in [5.41, 5.74) is 5.26. The quantitative estimate of drug-likeness (QED) is 0.437. The minimum atomic E-state index is -4.43. The summed E-state index contributed by atoms with van der Waals surface area (Å²) in [5, 5.41) is 0.996. The summed E-state index contributed by atoms with van der Waals surface area (Å²) in [4.78, 5) is 23.3. The van der Waals surface area contributed by atoms with E-state index in [0.29, 0.717) is 18.5 Å². The molecule has 0 bridgehead atoms. The highest BCUT2D eigenvalue weighted by atomic mass is 19.4. The van der Waals surface area contributed by atoms with Crippen molar-refractivity contribution >= 4 is 22.6 Å². The van der Waals surface area contributed by atoms with Gasteiger partial charge in [0.1, 0.15) is 12.0 Å². The number of anilines is 1. The van der Waals surface area contributed by atoms with Crippen molar-refractivity contribution in [2.24, 2.45) is 7.05 Å². The van der Waals surface area contributed by atoms with E-state index in [1.54, 1.807) is 17.3 Å². The summed E-state index contributed by atoms with van der Waals surface area (Å²) in [6, 6.07) is 10.9. The van der Waals surface area contributed by atoms with Gasteiger partial charge in [0.2, 0.25) is 5.91 Å². The summed E-state index contributed by atoms with van der Waals surface area (Å²) in [6.07, 6.45) is -0.235. The van der Waals surface area contributed by atoms with Crippen LogP contribution in [0.15, 0.2) is 55.0 Å². The molecule has 5 nitrogen and oxygen atoms in total. The number of carbonyl (C=O) groups excluding carboxylic acids is 1. The third kappa shape index (κ3) is 3.75. The van der Waals surface area contributed by atoms with E-state index in [1.165, 1.54) is 6.07 Å². The van der Waals surface area contributed by atoms with Gasteiger partial charge in [0, 0.05) is 36.4 Å². The number of aromatic nitrogens is 3. The lowest BCUT2D eigenvalue weighted by atomic mass is 10.0. The third-order valence-corrected chi connectivity index (χ3v) is 6.14. The number of aryl methyl sites for hydroxylation is 2. The van der Waals surface area contributed by atoms with Gasteiger partial charge >= 0.3 is 6.18 Å². The van der Waals surface area contributed by atoms with Crippen LogP contribution in [0.5, 0.6) is 0 Å². The van der Waals surface area contributed by atoms with E-state index in [-0.39, 0.29) is 12.3 Å². The zero-order chi connectivity index (χ0) is 23.3. The molecule has 2 aromatic heterocycles. The average molecular weight is 450 g/mol. The van der Waals surface area contributed by atoms with Crippen LogP contribution in [-0.2, 0) is 30.9 Å². The van der Waals surface area contributed by atoms with E-state index in [1.807, 2.05) is 36.9 Å². The number of fused-ring (bicyclic) bond motifs is 2. The molecule has 1 amide bonds. The fourth-order valence-corrected chi connectivity index (χ4v) is 4.54. The Morgan fingerprint density at radius 1 is 1.12 bits per heavy atom. The summed E-state index contributed by atoms with van der Waals surface area (Å²) in [6.45, 7) is 2.46. The lowest BCUT2D eigenvalue weighted by Crippen LogP contribution is -2.30. The number of amides is 1. The zero-order valence-corrected chi connectivity index (χ0v) is 18.1. The zero-order valence-electron chi connectivity index (χ0n) is 18.1. The first kappa shape index (κ1) is 21.2. The molecule has 4 aromatic rings. The molecule has 0 N–H and O–H groups in total. The smallest absolute Gasteiger partial charge is 0.335 e. The van der Waals surface area contributed by atoms with Crippen LogP contribution in [0.3, 0.4) is 0 Å². The molecule has 0 saturated carbocycles. The van der Waals surface area contributed by atoms with E-state index >= 15 is 0 Å². The number of hydrogen-bond acceptors (Lipinski definition) is 3.